The van der Waals surface area contributed by atoms with E-state index in [1.807, 2.05) is 0 Å². The Bertz CT molecular complexity index is 660. The number of rotatable bonds is 4. The second-order valence-corrected chi connectivity index (χ2v) is 3.79. The molecule has 2 rings (SSSR count). The van der Waals surface area contributed by atoms with Gasteiger partial charge in [0.25, 0.3) is 0 Å². The standard InChI is InChI=1S/C12H12N4O4/c1-19-7-3-4-8(10(5-7)20-2)11-9(16(17)18)6-14-12(13)15-11/h3-6H,1-2H3,(H2,13,14,15). The van der Waals surface area contributed by atoms with E-state index in [1.54, 1.807) is 18.2 Å². The van der Waals surface area contributed by atoms with Crippen LogP contribution in [0, 0.1) is 10.1 Å². The largest absolute Gasteiger partial charge is 0.497 e. The molecule has 1 aromatic heterocycles. The van der Waals surface area contributed by atoms with Gasteiger partial charge in [0.1, 0.15) is 17.7 Å². The molecule has 0 radical (unpaired) electrons. The monoisotopic (exact) mass is 276 g/mol. The zero-order valence-electron chi connectivity index (χ0n) is 10.9. The summed E-state index contributed by atoms with van der Waals surface area (Å²) in [6.07, 6.45) is 1.07. The summed E-state index contributed by atoms with van der Waals surface area (Å²) in [6.45, 7) is 0. The zero-order valence-corrected chi connectivity index (χ0v) is 10.9. The van der Waals surface area contributed by atoms with Crippen molar-refractivity contribution in [2.24, 2.45) is 0 Å². The maximum atomic E-state index is 11.0. The summed E-state index contributed by atoms with van der Waals surface area (Å²) in [5.74, 6) is 0.907. The fourth-order valence-corrected chi connectivity index (χ4v) is 1.72. The van der Waals surface area contributed by atoms with E-state index < -0.39 is 4.92 Å². The highest BCUT2D eigenvalue weighted by molar-refractivity contribution is 5.75. The molecule has 0 aliphatic rings. The molecule has 0 amide bonds. The Balaban J connectivity index is 2.67. The van der Waals surface area contributed by atoms with Gasteiger partial charge in [0.2, 0.25) is 5.95 Å². The number of nitrogens with two attached hydrogens (primary N) is 1. The normalized spacial score (nSPS) is 10.1. The summed E-state index contributed by atoms with van der Waals surface area (Å²) < 4.78 is 10.3. The van der Waals surface area contributed by atoms with Gasteiger partial charge in [0.05, 0.1) is 19.1 Å². The SMILES string of the molecule is COc1ccc(-c2nc(N)ncc2[N+](=O)[O-])c(OC)c1. The van der Waals surface area contributed by atoms with Crippen LogP contribution >= 0.6 is 0 Å². The predicted molar refractivity (Wildman–Crippen MR) is 71.6 cm³/mol. The number of methoxy groups -OCH3 is 2. The van der Waals surface area contributed by atoms with Crippen LogP contribution in [0.2, 0.25) is 0 Å². The van der Waals surface area contributed by atoms with Crippen LogP contribution in [-0.4, -0.2) is 29.1 Å². The molecule has 1 heterocycles. The highest BCUT2D eigenvalue weighted by Crippen LogP contribution is 2.36. The number of nitrogen functional groups attached to an aromatic ring is 1. The molecule has 0 aliphatic heterocycles. The Kier molecular flexibility index (Phi) is 3.65. The summed E-state index contributed by atoms with van der Waals surface area (Å²) in [4.78, 5) is 18.0. The van der Waals surface area contributed by atoms with Crippen molar-refractivity contribution in [3.63, 3.8) is 0 Å². The Morgan fingerprint density at radius 3 is 2.65 bits per heavy atom. The quantitative estimate of drug-likeness (QED) is 0.667. The van der Waals surface area contributed by atoms with E-state index in [1.165, 1.54) is 14.2 Å². The number of aromatic nitrogens is 2. The van der Waals surface area contributed by atoms with Crippen LogP contribution in [0.3, 0.4) is 0 Å². The zero-order chi connectivity index (χ0) is 14.7. The second-order valence-electron chi connectivity index (χ2n) is 3.79. The van der Waals surface area contributed by atoms with Crippen LogP contribution in [0.5, 0.6) is 11.5 Å². The van der Waals surface area contributed by atoms with Crippen LogP contribution in [0.25, 0.3) is 11.3 Å². The first kappa shape index (κ1) is 13.5. The van der Waals surface area contributed by atoms with Gasteiger partial charge in [-0.2, -0.15) is 0 Å². The predicted octanol–water partition coefficient (Wildman–Crippen LogP) is 1.65. The van der Waals surface area contributed by atoms with Crippen LogP contribution in [0.1, 0.15) is 0 Å². The minimum absolute atomic E-state index is 0.0523. The van der Waals surface area contributed by atoms with E-state index in [2.05, 4.69) is 9.97 Å². The van der Waals surface area contributed by atoms with Crippen LogP contribution in [-0.2, 0) is 0 Å². The van der Waals surface area contributed by atoms with Gasteiger partial charge in [0, 0.05) is 11.6 Å². The molecule has 0 saturated carbocycles. The van der Waals surface area contributed by atoms with Gasteiger partial charge >= 0.3 is 5.69 Å². The van der Waals surface area contributed by atoms with Gasteiger partial charge in [0.15, 0.2) is 5.69 Å². The number of anilines is 1. The summed E-state index contributed by atoms with van der Waals surface area (Å²) in [5.41, 5.74) is 5.79. The van der Waals surface area contributed by atoms with Crippen molar-refractivity contribution in [3.05, 3.63) is 34.5 Å². The third kappa shape index (κ3) is 2.44. The van der Waals surface area contributed by atoms with Crippen molar-refractivity contribution < 1.29 is 14.4 Å². The number of ether oxygens (including phenoxy) is 2. The lowest BCUT2D eigenvalue weighted by Gasteiger charge is -2.10. The average Bonchev–Trinajstić information content (AvgIpc) is 2.46. The maximum Gasteiger partial charge on any atom is 0.313 e. The molecule has 0 saturated heterocycles. The number of hydrogen-bond acceptors (Lipinski definition) is 7. The molecule has 0 aliphatic carbocycles. The Labute approximate surface area is 114 Å². The topological polar surface area (TPSA) is 113 Å². The van der Waals surface area contributed by atoms with Crippen molar-refractivity contribution in [1.82, 2.24) is 9.97 Å². The first-order valence-electron chi connectivity index (χ1n) is 5.56. The molecule has 8 heteroatoms. The molecule has 0 fully saturated rings. The summed E-state index contributed by atoms with van der Waals surface area (Å²) in [7, 11) is 2.97. The Hall–Kier alpha value is -2.90. The number of benzene rings is 1. The third-order valence-corrected chi connectivity index (χ3v) is 2.65. The van der Waals surface area contributed by atoms with Crippen LogP contribution in [0.15, 0.2) is 24.4 Å². The molecule has 104 valence electrons. The molecular formula is C12H12N4O4. The molecular weight excluding hydrogens is 264 g/mol. The van der Waals surface area contributed by atoms with E-state index in [-0.39, 0.29) is 17.3 Å². The van der Waals surface area contributed by atoms with Crippen LogP contribution < -0.4 is 15.2 Å². The molecule has 0 atom stereocenters. The molecule has 2 N–H and O–H groups in total. The second kappa shape index (κ2) is 5.39. The van der Waals surface area contributed by atoms with Gasteiger partial charge in [-0.25, -0.2) is 9.97 Å². The Morgan fingerprint density at radius 2 is 2.05 bits per heavy atom. The number of nitrogens with zero attached hydrogens (tertiary/aromatic N) is 3. The molecule has 0 unspecified atom stereocenters. The first-order chi connectivity index (χ1) is 9.56. The lowest BCUT2D eigenvalue weighted by atomic mass is 10.1. The average molecular weight is 276 g/mol. The molecule has 0 spiro atoms. The molecule has 2 aromatic rings. The highest BCUT2D eigenvalue weighted by Gasteiger charge is 2.21. The minimum atomic E-state index is -0.571. The van der Waals surface area contributed by atoms with E-state index in [0.717, 1.165) is 6.20 Å². The highest BCUT2D eigenvalue weighted by atomic mass is 16.6. The van der Waals surface area contributed by atoms with Crippen molar-refractivity contribution in [1.29, 1.82) is 0 Å². The van der Waals surface area contributed by atoms with Gasteiger partial charge in [-0.05, 0) is 12.1 Å². The van der Waals surface area contributed by atoms with Gasteiger partial charge in [-0.3, -0.25) is 10.1 Å². The summed E-state index contributed by atoms with van der Waals surface area (Å²) >= 11 is 0. The number of nitro groups is 1. The van der Waals surface area contributed by atoms with E-state index in [0.29, 0.717) is 17.1 Å². The molecule has 20 heavy (non-hydrogen) atoms. The van der Waals surface area contributed by atoms with Crippen molar-refractivity contribution in [3.8, 4) is 22.8 Å². The number of hydrogen-bond donors (Lipinski definition) is 1. The minimum Gasteiger partial charge on any atom is -0.497 e. The third-order valence-electron chi connectivity index (χ3n) is 2.65. The van der Waals surface area contributed by atoms with Crippen molar-refractivity contribution >= 4 is 11.6 Å². The molecule has 0 bridgehead atoms. The lowest BCUT2D eigenvalue weighted by Crippen LogP contribution is -2.02. The molecule has 1 aromatic carbocycles. The van der Waals surface area contributed by atoms with E-state index >= 15 is 0 Å². The fourth-order valence-electron chi connectivity index (χ4n) is 1.72. The van der Waals surface area contributed by atoms with Crippen LogP contribution in [0.4, 0.5) is 11.6 Å². The first-order valence-corrected chi connectivity index (χ1v) is 5.56. The summed E-state index contributed by atoms with van der Waals surface area (Å²) in [6, 6.07) is 4.88. The smallest absolute Gasteiger partial charge is 0.313 e. The van der Waals surface area contributed by atoms with Gasteiger partial charge in [-0.15, -0.1) is 0 Å². The lowest BCUT2D eigenvalue weighted by molar-refractivity contribution is -0.384. The maximum absolute atomic E-state index is 11.0. The van der Waals surface area contributed by atoms with Crippen molar-refractivity contribution in [2.45, 2.75) is 0 Å². The summed E-state index contributed by atoms with van der Waals surface area (Å²) in [5, 5.41) is 11.0. The molecule has 8 nitrogen and oxygen atoms in total. The fraction of sp³-hybridized carbons (Fsp3) is 0.167. The Morgan fingerprint density at radius 1 is 1.30 bits per heavy atom. The van der Waals surface area contributed by atoms with Gasteiger partial charge < -0.3 is 15.2 Å². The van der Waals surface area contributed by atoms with Gasteiger partial charge in [-0.1, -0.05) is 0 Å². The van der Waals surface area contributed by atoms with E-state index in [4.69, 9.17) is 15.2 Å². The van der Waals surface area contributed by atoms with E-state index in [9.17, 15) is 10.1 Å². The van der Waals surface area contributed by atoms with Crippen molar-refractivity contribution in [2.75, 3.05) is 20.0 Å².